The molecule has 0 unspecified atom stereocenters. The van der Waals surface area contributed by atoms with Crippen molar-refractivity contribution in [2.45, 2.75) is 6.92 Å². The average Bonchev–Trinajstić information content (AvgIpc) is 3.53. The van der Waals surface area contributed by atoms with E-state index in [0.717, 1.165) is 22.4 Å². The van der Waals surface area contributed by atoms with E-state index in [0.29, 0.717) is 23.0 Å². The summed E-state index contributed by atoms with van der Waals surface area (Å²) in [7, 11) is 0. The quantitative estimate of drug-likeness (QED) is 0.424. The second kappa shape index (κ2) is 8.31. The van der Waals surface area contributed by atoms with Crippen molar-refractivity contribution in [3.63, 3.8) is 0 Å². The van der Waals surface area contributed by atoms with Gasteiger partial charge in [0.25, 0.3) is 5.91 Å². The molecule has 1 amide bonds. The molecular formula is C25H19N5O2. The standard InChI is InChI=1S/C25H19N5O2/c1-17-3-5-19(6-4-17)24-28-29-25(32-24)20-9-7-18(8-10-20)23(31)27-21-11-13-22(14-12-21)30-16-2-15-26-30/h2-16H,1H3,(H,27,31). The Labute approximate surface area is 184 Å². The van der Waals surface area contributed by atoms with Crippen molar-refractivity contribution >= 4 is 11.6 Å². The zero-order valence-corrected chi connectivity index (χ0v) is 17.3. The normalized spacial score (nSPS) is 10.8. The van der Waals surface area contributed by atoms with Crippen LogP contribution in [0.25, 0.3) is 28.6 Å². The SMILES string of the molecule is Cc1ccc(-c2nnc(-c3ccc(C(=O)Nc4ccc(-n5cccn5)cc4)cc3)o2)cc1. The predicted octanol–water partition coefficient (Wildman–Crippen LogP) is 5.15. The van der Waals surface area contributed by atoms with Gasteiger partial charge < -0.3 is 9.73 Å². The Bertz CT molecular complexity index is 1340. The van der Waals surface area contributed by atoms with Crippen LogP contribution in [-0.4, -0.2) is 25.9 Å². The van der Waals surface area contributed by atoms with Crippen molar-refractivity contribution in [2.75, 3.05) is 5.32 Å². The largest absolute Gasteiger partial charge is 0.416 e. The fraction of sp³-hybridized carbons (Fsp3) is 0.0400. The first-order valence-electron chi connectivity index (χ1n) is 10.1. The number of hydrogen-bond donors (Lipinski definition) is 1. The predicted molar refractivity (Wildman–Crippen MR) is 121 cm³/mol. The molecule has 7 nitrogen and oxygen atoms in total. The zero-order chi connectivity index (χ0) is 21.9. The molecule has 0 aliphatic rings. The van der Waals surface area contributed by atoms with Crippen molar-refractivity contribution in [1.29, 1.82) is 0 Å². The van der Waals surface area contributed by atoms with E-state index in [9.17, 15) is 4.79 Å². The fourth-order valence-corrected chi connectivity index (χ4v) is 3.24. The van der Waals surface area contributed by atoms with Gasteiger partial charge in [-0.05, 0) is 73.7 Å². The Morgan fingerprint density at radius 2 is 1.47 bits per heavy atom. The number of rotatable bonds is 5. The zero-order valence-electron chi connectivity index (χ0n) is 17.3. The maximum absolute atomic E-state index is 12.6. The molecule has 0 saturated carbocycles. The van der Waals surface area contributed by atoms with Crippen LogP contribution in [0.15, 0.2) is 95.7 Å². The number of anilines is 1. The van der Waals surface area contributed by atoms with Gasteiger partial charge in [-0.15, -0.1) is 10.2 Å². The van der Waals surface area contributed by atoms with Crippen LogP contribution >= 0.6 is 0 Å². The van der Waals surface area contributed by atoms with Crippen LogP contribution in [0.3, 0.4) is 0 Å². The molecule has 156 valence electrons. The summed E-state index contributed by atoms with van der Waals surface area (Å²) < 4.78 is 7.56. The second-order valence-electron chi connectivity index (χ2n) is 7.31. The maximum Gasteiger partial charge on any atom is 0.255 e. The van der Waals surface area contributed by atoms with Crippen LogP contribution < -0.4 is 5.32 Å². The number of aromatic nitrogens is 4. The van der Waals surface area contributed by atoms with Gasteiger partial charge in [0.15, 0.2) is 0 Å². The van der Waals surface area contributed by atoms with Gasteiger partial charge in [0.05, 0.1) is 5.69 Å². The fourth-order valence-electron chi connectivity index (χ4n) is 3.24. The molecule has 2 heterocycles. The van der Waals surface area contributed by atoms with Crippen molar-refractivity contribution in [1.82, 2.24) is 20.0 Å². The summed E-state index contributed by atoms with van der Waals surface area (Å²) in [6, 6.07) is 24.3. The van der Waals surface area contributed by atoms with E-state index in [-0.39, 0.29) is 5.91 Å². The van der Waals surface area contributed by atoms with Crippen LogP contribution in [0.4, 0.5) is 5.69 Å². The van der Waals surface area contributed by atoms with Gasteiger partial charge >= 0.3 is 0 Å². The van der Waals surface area contributed by atoms with Crippen molar-refractivity contribution in [3.8, 4) is 28.6 Å². The Morgan fingerprint density at radius 3 is 2.06 bits per heavy atom. The third-order valence-electron chi connectivity index (χ3n) is 5.01. The Morgan fingerprint density at radius 1 is 0.844 bits per heavy atom. The van der Waals surface area contributed by atoms with Crippen LogP contribution in [0.2, 0.25) is 0 Å². The van der Waals surface area contributed by atoms with Gasteiger partial charge in [-0.25, -0.2) is 4.68 Å². The molecule has 1 N–H and O–H groups in total. The third-order valence-corrected chi connectivity index (χ3v) is 5.01. The van der Waals surface area contributed by atoms with E-state index >= 15 is 0 Å². The molecule has 3 aromatic carbocycles. The lowest BCUT2D eigenvalue weighted by Crippen LogP contribution is -2.11. The van der Waals surface area contributed by atoms with E-state index < -0.39 is 0 Å². The van der Waals surface area contributed by atoms with Gasteiger partial charge in [-0.2, -0.15) is 5.10 Å². The van der Waals surface area contributed by atoms with Crippen molar-refractivity contribution in [2.24, 2.45) is 0 Å². The first-order valence-corrected chi connectivity index (χ1v) is 10.1. The molecule has 5 rings (SSSR count). The maximum atomic E-state index is 12.6. The second-order valence-corrected chi connectivity index (χ2v) is 7.31. The molecule has 2 aromatic heterocycles. The van der Waals surface area contributed by atoms with Crippen molar-refractivity contribution in [3.05, 3.63) is 102 Å². The Hall–Kier alpha value is -4.52. The number of amides is 1. The summed E-state index contributed by atoms with van der Waals surface area (Å²) in [5, 5.41) is 15.4. The molecule has 0 saturated heterocycles. The minimum Gasteiger partial charge on any atom is -0.416 e. The smallest absolute Gasteiger partial charge is 0.255 e. The number of nitrogens with one attached hydrogen (secondary N) is 1. The van der Waals surface area contributed by atoms with Gasteiger partial charge in [0.1, 0.15) is 0 Å². The van der Waals surface area contributed by atoms with E-state index in [2.05, 4.69) is 20.6 Å². The highest BCUT2D eigenvalue weighted by Crippen LogP contribution is 2.24. The first-order chi connectivity index (χ1) is 15.7. The number of carbonyl (C=O) groups is 1. The average molecular weight is 421 g/mol. The van der Waals surface area contributed by atoms with E-state index in [1.54, 1.807) is 35.1 Å². The molecule has 0 atom stereocenters. The number of aryl methyl sites for hydroxylation is 1. The van der Waals surface area contributed by atoms with E-state index in [4.69, 9.17) is 4.42 Å². The van der Waals surface area contributed by atoms with Gasteiger partial charge in [-0.1, -0.05) is 17.7 Å². The lowest BCUT2D eigenvalue weighted by Gasteiger charge is -2.07. The van der Waals surface area contributed by atoms with Gasteiger partial charge in [0, 0.05) is 34.8 Å². The molecule has 0 aliphatic carbocycles. The van der Waals surface area contributed by atoms with Crippen LogP contribution in [0.1, 0.15) is 15.9 Å². The van der Waals surface area contributed by atoms with Gasteiger partial charge in [-0.3, -0.25) is 4.79 Å². The van der Waals surface area contributed by atoms with E-state index in [1.807, 2.05) is 67.7 Å². The molecule has 5 aromatic rings. The summed E-state index contributed by atoms with van der Waals surface area (Å²) >= 11 is 0. The van der Waals surface area contributed by atoms with Crippen molar-refractivity contribution < 1.29 is 9.21 Å². The molecule has 0 aliphatic heterocycles. The third kappa shape index (κ3) is 4.04. The summed E-state index contributed by atoms with van der Waals surface area (Å²) in [4.78, 5) is 12.6. The molecular weight excluding hydrogens is 402 g/mol. The Kier molecular flexibility index (Phi) is 5.05. The highest BCUT2D eigenvalue weighted by atomic mass is 16.4. The number of carbonyl (C=O) groups excluding carboxylic acids is 1. The molecule has 0 fully saturated rings. The molecule has 32 heavy (non-hydrogen) atoms. The molecule has 0 spiro atoms. The topological polar surface area (TPSA) is 85.8 Å². The van der Waals surface area contributed by atoms with Crippen LogP contribution in [0.5, 0.6) is 0 Å². The number of nitrogens with zero attached hydrogens (tertiary/aromatic N) is 4. The highest BCUT2D eigenvalue weighted by molar-refractivity contribution is 6.04. The highest BCUT2D eigenvalue weighted by Gasteiger charge is 2.12. The van der Waals surface area contributed by atoms with Gasteiger partial charge in [0.2, 0.25) is 11.8 Å². The number of hydrogen-bond acceptors (Lipinski definition) is 5. The minimum absolute atomic E-state index is 0.200. The summed E-state index contributed by atoms with van der Waals surface area (Å²) in [6.45, 7) is 2.02. The summed E-state index contributed by atoms with van der Waals surface area (Å²) in [5.41, 5.74) is 4.93. The molecule has 0 bridgehead atoms. The lowest BCUT2D eigenvalue weighted by molar-refractivity contribution is 0.102. The Balaban J connectivity index is 1.27. The summed E-state index contributed by atoms with van der Waals surface area (Å²) in [5.74, 6) is 0.663. The van der Waals surface area contributed by atoms with E-state index in [1.165, 1.54) is 0 Å². The minimum atomic E-state index is -0.200. The summed E-state index contributed by atoms with van der Waals surface area (Å²) in [6.07, 6.45) is 3.58. The first kappa shape index (κ1) is 19.4. The molecule has 0 radical (unpaired) electrons. The number of benzene rings is 3. The molecule has 7 heteroatoms. The van der Waals surface area contributed by atoms with Crippen LogP contribution in [0, 0.1) is 6.92 Å². The van der Waals surface area contributed by atoms with Crippen LogP contribution in [-0.2, 0) is 0 Å². The monoisotopic (exact) mass is 421 g/mol. The lowest BCUT2D eigenvalue weighted by atomic mass is 10.1.